The van der Waals surface area contributed by atoms with Crippen LogP contribution < -0.4 is 5.14 Å². The van der Waals surface area contributed by atoms with E-state index in [0.717, 1.165) is 0 Å². The Balaban J connectivity index is 2.29. The van der Waals surface area contributed by atoms with Crippen LogP contribution in [0.15, 0.2) is 52.4 Å². The molecule has 0 bridgehead atoms. The van der Waals surface area contributed by atoms with Gasteiger partial charge in [-0.05, 0) is 42.3 Å². The highest BCUT2D eigenvalue weighted by molar-refractivity contribution is 7.89. The average molecular weight is 319 g/mol. The molecule has 0 aliphatic rings. The second-order valence-corrected chi connectivity index (χ2v) is 6.13. The topological polar surface area (TPSA) is 116 Å². The van der Waals surface area contributed by atoms with Crippen LogP contribution in [0.5, 0.6) is 0 Å². The zero-order chi connectivity index (χ0) is 16.3. The molecule has 0 unspecified atom stereocenters. The van der Waals surface area contributed by atoms with E-state index in [1.54, 1.807) is 31.2 Å². The SMILES string of the molecule is Cc1ccc(N=Cc2ccc([N+](=O)[O-])cc2)cc1S(N)(=O)=O. The van der Waals surface area contributed by atoms with Crippen molar-refractivity contribution in [3.63, 3.8) is 0 Å². The summed E-state index contributed by atoms with van der Waals surface area (Å²) in [6, 6.07) is 10.5. The first kappa shape index (κ1) is 15.8. The van der Waals surface area contributed by atoms with Crippen molar-refractivity contribution in [1.82, 2.24) is 0 Å². The summed E-state index contributed by atoms with van der Waals surface area (Å²) in [6.07, 6.45) is 1.49. The first-order valence-electron chi connectivity index (χ1n) is 6.19. The molecule has 0 amide bonds. The van der Waals surface area contributed by atoms with E-state index >= 15 is 0 Å². The van der Waals surface area contributed by atoms with Gasteiger partial charge < -0.3 is 0 Å². The maximum absolute atomic E-state index is 11.4. The summed E-state index contributed by atoms with van der Waals surface area (Å²) in [5.74, 6) is 0. The van der Waals surface area contributed by atoms with Gasteiger partial charge in [0.2, 0.25) is 10.0 Å². The molecule has 0 fully saturated rings. The standard InChI is InChI=1S/C14H13N3O4S/c1-10-2-5-12(8-14(10)22(15,20)21)16-9-11-3-6-13(7-4-11)17(18)19/h2-9H,1H3,(H2,15,20,21). The molecule has 0 aromatic heterocycles. The van der Waals surface area contributed by atoms with Crippen molar-refractivity contribution in [3.05, 3.63) is 63.7 Å². The van der Waals surface area contributed by atoms with Crippen molar-refractivity contribution in [3.8, 4) is 0 Å². The van der Waals surface area contributed by atoms with E-state index in [1.807, 2.05) is 0 Å². The Bertz CT molecular complexity index is 843. The summed E-state index contributed by atoms with van der Waals surface area (Å²) in [5.41, 5.74) is 1.61. The van der Waals surface area contributed by atoms with Crippen molar-refractivity contribution in [2.45, 2.75) is 11.8 Å². The van der Waals surface area contributed by atoms with Gasteiger partial charge in [-0.25, -0.2) is 13.6 Å². The van der Waals surface area contributed by atoms with Crippen LogP contribution in [0.25, 0.3) is 0 Å². The number of nitrogens with zero attached hydrogens (tertiary/aromatic N) is 2. The monoisotopic (exact) mass is 319 g/mol. The summed E-state index contributed by atoms with van der Waals surface area (Å²) in [5, 5.41) is 15.7. The Hall–Kier alpha value is -2.58. The Morgan fingerprint density at radius 1 is 1.18 bits per heavy atom. The Morgan fingerprint density at radius 3 is 2.36 bits per heavy atom. The van der Waals surface area contributed by atoms with Gasteiger partial charge in [0.15, 0.2) is 0 Å². The number of hydrogen-bond acceptors (Lipinski definition) is 5. The van der Waals surface area contributed by atoms with Crippen LogP contribution in [0.1, 0.15) is 11.1 Å². The number of hydrogen-bond donors (Lipinski definition) is 1. The van der Waals surface area contributed by atoms with Crippen LogP contribution >= 0.6 is 0 Å². The van der Waals surface area contributed by atoms with Crippen molar-refractivity contribution in [1.29, 1.82) is 0 Å². The molecule has 0 heterocycles. The lowest BCUT2D eigenvalue weighted by molar-refractivity contribution is -0.384. The molecule has 0 atom stereocenters. The minimum absolute atomic E-state index is 0.0102. The molecule has 22 heavy (non-hydrogen) atoms. The second kappa shape index (κ2) is 6.04. The Labute approximate surface area is 127 Å². The van der Waals surface area contributed by atoms with Gasteiger partial charge in [0.25, 0.3) is 5.69 Å². The Morgan fingerprint density at radius 2 is 1.82 bits per heavy atom. The normalized spacial score (nSPS) is 11.7. The molecule has 114 valence electrons. The molecule has 7 nitrogen and oxygen atoms in total. The highest BCUT2D eigenvalue weighted by Crippen LogP contribution is 2.21. The van der Waals surface area contributed by atoms with Crippen LogP contribution in [0.4, 0.5) is 11.4 Å². The van der Waals surface area contributed by atoms with E-state index < -0.39 is 14.9 Å². The molecule has 0 spiro atoms. The van der Waals surface area contributed by atoms with Crippen LogP contribution in [0, 0.1) is 17.0 Å². The average Bonchev–Trinajstić information content (AvgIpc) is 2.45. The van der Waals surface area contributed by atoms with Gasteiger partial charge in [-0.1, -0.05) is 6.07 Å². The van der Waals surface area contributed by atoms with Crippen molar-refractivity contribution < 1.29 is 13.3 Å². The van der Waals surface area contributed by atoms with Crippen LogP contribution in [0.3, 0.4) is 0 Å². The zero-order valence-corrected chi connectivity index (χ0v) is 12.4. The summed E-state index contributed by atoms with van der Waals surface area (Å²) >= 11 is 0. The van der Waals surface area contributed by atoms with Crippen molar-refractivity contribution in [2.24, 2.45) is 10.1 Å². The number of non-ortho nitro benzene ring substituents is 1. The van der Waals surface area contributed by atoms with Crippen molar-refractivity contribution >= 4 is 27.6 Å². The number of nitrogens with two attached hydrogens (primary N) is 1. The molecule has 0 aliphatic carbocycles. The fourth-order valence-electron chi connectivity index (χ4n) is 1.81. The highest BCUT2D eigenvalue weighted by atomic mass is 32.2. The molecule has 2 aromatic carbocycles. The van der Waals surface area contributed by atoms with Crippen LogP contribution in [0.2, 0.25) is 0 Å². The van der Waals surface area contributed by atoms with E-state index in [-0.39, 0.29) is 10.6 Å². The van der Waals surface area contributed by atoms with E-state index in [0.29, 0.717) is 16.8 Å². The van der Waals surface area contributed by atoms with Gasteiger partial charge in [0, 0.05) is 18.3 Å². The zero-order valence-electron chi connectivity index (χ0n) is 11.6. The van der Waals surface area contributed by atoms with Gasteiger partial charge in [-0.3, -0.25) is 15.1 Å². The second-order valence-electron chi connectivity index (χ2n) is 4.60. The number of aryl methyl sites for hydroxylation is 1. The molecular weight excluding hydrogens is 306 g/mol. The van der Waals surface area contributed by atoms with Gasteiger partial charge in [-0.2, -0.15) is 0 Å². The maximum atomic E-state index is 11.4. The van der Waals surface area contributed by atoms with E-state index in [1.165, 1.54) is 24.4 Å². The summed E-state index contributed by atoms with van der Waals surface area (Å²) < 4.78 is 22.9. The molecule has 2 aromatic rings. The van der Waals surface area contributed by atoms with E-state index in [2.05, 4.69) is 4.99 Å². The first-order valence-corrected chi connectivity index (χ1v) is 7.74. The number of sulfonamides is 1. The predicted molar refractivity (Wildman–Crippen MR) is 82.9 cm³/mol. The summed E-state index contributed by atoms with van der Waals surface area (Å²) in [7, 11) is -3.80. The van der Waals surface area contributed by atoms with Crippen LogP contribution in [-0.4, -0.2) is 19.6 Å². The third kappa shape index (κ3) is 3.74. The molecule has 2 N–H and O–H groups in total. The molecular formula is C14H13N3O4S. The maximum Gasteiger partial charge on any atom is 0.269 e. The fraction of sp³-hybridized carbons (Fsp3) is 0.0714. The lowest BCUT2D eigenvalue weighted by Gasteiger charge is -2.04. The van der Waals surface area contributed by atoms with E-state index in [4.69, 9.17) is 5.14 Å². The number of primary sulfonamides is 1. The minimum Gasteiger partial charge on any atom is -0.258 e. The van der Waals surface area contributed by atoms with Gasteiger partial charge in [-0.15, -0.1) is 0 Å². The number of aliphatic imine (C=N–C) groups is 1. The highest BCUT2D eigenvalue weighted by Gasteiger charge is 2.11. The number of nitro groups is 1. The smallest absolute Gasteiger partial charge is 0.258 e. The molecule has 2 rings (SSSR count). The lowest BCUT2D eigenvalue weighted by atomic mass is 10.2. The molecule has 0 saturated heterocycles. The minimum atomic E-state index is -3.80. The molecule has 0 aliphatic heterocycles. The lowest BCUT2D eigenvalue weighted by Crippen LogP contribution is -2.13. The number of rotatable bonds is 4. The summed E-state index contributed by atoms with van der Waals surface area (Å²) in [4.78, 5) is 14.2. The molecule has 8 heteroatoms. The Kier molecular flexibility index (Phi) is 4.34. The van der Waals surface area contributed by atoms with Gasteiger partial charge in [0.05, 0.1) is 15.5 Å². The third-order valence-corrected chi connectivity index (χ3v) is 4.00. The predicted octanol–water partition coefficient (Wildman–Crippen LogP) is 2.30. The van der Waals surface area contributed by atoms with E-state index in [9.17, 15) is 18.5 Å². The van der Waals surface area contributed by atoms with Crippen molar-refractivity contribution in [2.75, 3.05) is 0 Å². The number of nitro benzene ring substituents is 1. The third-order valence-electron chi connectivity index (χ3n) is 2.94. The first-order chi connectivity index (χ1) is 10.3. The summed E-state index contributed by atoms with van der Waals surface area (Å²) in [6.45, 7) is 1.64. The quantitative estimate of drug-likeness (QED) is 0.528. The van der Waals surface area contributed by atoms with Gasteiger partial charge >= 0.3 is 0 Å². The number of benzene rings is 2. The van der Waals surface area contributed by atoms with Gasteiger partial charge in [0.1, 0.15) is 0 Å². The molecule has 0 radical (unpaired) electrons. The molecule has 0 saturated carbocycles. The fourth-order valence-corrected chi connectivity index (χ4v) is 2.61. The largest absolute Gasteiger partial charge is 0.269 e. The van der Waals surface area contributed by atoms with Crippen LogP contribution in [-0.2, 0) is 10.0 Å².